The second kappa shape index (κ2) is 5.28. The van der Waals surface area contributed by atoms with Crippen LogP contribution in [0.25, 0.3) is 0 Å². The molecular weight excluding hydrogens is 242 g/mol. The average Bonchev–Trinajstić information content (AvgIpc) is 2.80. The Morgan fingerprint density at radius 2 is 2.37 bits per heavy atom. The predicted molar refractivity (Wildman–Crippen MR) is 73.2 cm³/mol. The molecule has 1 amide bonds. The summed E-state index contributed by atoms with van der Waals surface area (Å²) in [5, 5.41) is 9.68. The second-order valence-corrected chi connectivity index (χ2v) is 5.04. The lowest BCUT2D eigenvalue weighted by Gasteiger charge is -2.31. The van der Waals surface area contributed by atoms with Crippen molar-refractivity contribution in [3.8, 4) is 0 Å². The summed E-state index contributed by atoms with van der Waals surface area (Å²) >= 11 is 0. The lowest BCUT2D eigenvalue weighted by molar-refractivity contribution is -0.115. The highest BCUT2D eigenvalue weighted by atomic mass is 16.5. The fourth-order valence-electron chi connectivity index (χ4n) is 2.84. The van der Waals surface area contributed by atoms with E-state index in [2.05, 4.69) is 28.1 Å². The van der Waals surface area contributed by atoms with Crippen LogP contribution in [-0.4, -0.2) is 38.8 Å². The van der Waals surface area contributed by atoms with Crippen molar-refractivity contribution in [3.63, 3.8) is 0 Å². The van der Waals surface area contributed by atoms with Crippen molar-refractivity contribution in [2.24, 2.45) is 0 Å². The number of benzene rings is 1. The van der Waals surface area contributed by atoms with Crippen molar-refractivity contribution in [2.75, 3.05) is 32.1 Å². The molecule has 5 nitrogen and oxygen atoms in total. The van der Waals surface area contributed by atoms with Gasteiger partial charge in [-0.15, -0.1) is 0 Å². The fourth-order valence-corrected chi connectivity index (χ4v) is 2.84. The summed E-state index contributed by atoms with van der Waals surface area (Å²) in [5.74, 6) is 0.0762. The average molecular weight is 261 g/mol. The number of likely N-dealkylation sites (N-methyl/N-ethyl adjacent to an activating group) is 1. The van der Waals surface area contributed by atoms with Gasteiger partial charge in [0.05, 0.1) is 25.7 Å². The van der Waals surface area contributed by atoms with Crippen LogP contribution in [0, 0.1) is 0 Å². The van der Waals surface area contributed by atoms with Crippen LogP contribution in [0.2, 0.25) is 0 Å². The van der Waals surface area contributed by atoms with Crippen molar-refractivity contribution in [2.45, 2.75) is 18.5 Å². The molecule has 2 heterocycles. The van der Waals surface area contributed by atoms with Crippen molar-refractivity contribution in [1.29, 1.82) is 0 Å². The highest BCUT2D eigenvalue weighted by Gasteiger charge is 2.26. The largest absolute Gasteiger partial charge is 0.378 e. The van der Waals surface area contributed by atoms with Crippen LogP contribution < -0.4 is 16.0 Å². The smallest absolute Gasteiger partial charge is 0.228 e. The Labute approximate surface area is 112 Å². The van der Waals surface area contributed by atoms with Crippen LogP contribution in [0.15, 0.2) is 18.2 Å². The van der Waals surface area contributed by atoms with Gasteiger partial charge in [-0.1, -0.05) is 12.1 Å². The van der Waals surface area contributed by atoms with Gasteiger partial charge >= 0.3 is 0 Å². The zero-order valence-electron chi connectivity index (χ0n) is 11.0. The van der Waals surface area contributed by atoms with E-state index in [1.807, 2.05) is 13.1 Å². The van der Waals surface area contributed by atoms with Crippen LogP contribution in [0.1, 0.15) is 17.2 Å². The first-order valence-electron chi connectivity index (χ1n) is 6.69. The highest BCUT2D eigenvalue weighted by Crippen LogP contribution is 2.28. The molecule has 0 spiro atoms. The predicted octanol–water partition coefficient (Wildman–Crippen LogP) is 0.430. The van der Waals surface area contributed by atoms with Crippen molar-refractivity contribution >= 4 is 11.6 Å². The summed E-state index contributed by atoms with van der Waals surface area (Å²) in [7, 11) is 1.96. The van der Waals surface area contributed by atoms with E-state index < -0.39 is 0 Å². The molecule has 102 valence electrons. The number of rotatable bonds is 3. The Morgan fingerprint density at radius 1 is 1.47 bits per heavy atom. The molecule has 0 bridgehead atoms. The molecule has 1 fully saturated rings. The van der Waals surface area contributed by atoms with E-state index >= 15 is 0 Å². The SMILES string of the molecule is CNC(c1ccc2c(c1)CC(=O)N2)C1COCCN1. The maximum Gasteiger partial charge on any atom is 0.228 e. The van der Waals surface area contributed by atoms with Gasteiger partial charge in [-0.2, -0.15) is 0 Å². The zero-order valence-corrected chi connectivity index (χ0v) is 11.0. The lowest BCUT2D eigenvalue weighted by atomic mass is 9.96. The number of carbonyl (C=O) groups is 1. The Hall–Kier alpha value is -1.43. The van der Waals surface area contributed by atoms with E-state index in [0.29, 0.717) is 13.0 Å². The molecule has 2 unspecified atom stereocenters. The van der Waals surface area contributed by atoms with E-state index in [1.165, 1.54) is 5.56 Å². The molecule has 0 aromatic heterocycles. The van der Waals surface area contributed by atoms with Gasteiger partial charge in [-0.3, -0.25) is 4.79 Å². The van der Waals surface area contributed by atoms with Gasteiger partial charge in [0.1, 0.15) is 0 Å². The number of hydrogen-bond acceptors (Lipinski definition) is 4. The van der Waals surface area contributed by atoms with Crippen molar-refractivity contribution < 1.29 is 9.53 Å². The molecule has 2 atom stereocenters. The molecule has 1 aromatic carbocycles. The van der Waals surface area contributed by atoms with Crippen molar-refractivity contribution in [1.82, 2.24) is 10.6 Å². The molecular formula is C14H19N3O2. The number of amides is 1. The van der Waals surface area contributed by atoms with Gasteiger partial charge < -0.3 is 20.7 Å². The normalized spacial score (nSPS) is 23.8. The van der Waals surface area contributed by atoms with Gasteiger partial charge in [-0.05, 0) is 24.2 Å². The summed E-state index contributed by atoms with van der Waals surface area (Å²) in [4.78, 5) is 11.4. The Kier molecular flexibility index (Phi) is 3.50. The molecule has 0 aliphatic carbocycles. The molecule has 1 saturated heterocycles. The van der Waals surface area contributed by atoms with E-state index in [1.54, 1.807) is 0 Å². The topological polar surface area (TPSA) is 62.4 Å². The van der Waals surface area contributed by atoms with E-state index in [9.17, 15) is 4.79 Å². The van der Waals surface area contributed by atoms with Gasteiger partial charge in [0.2, 0.25) is 5.91 Å². The second-order valence-electron chi connectivity index (χ2n) is 5.04. The van der Waals surface area contributed by atoms with Gasteiger partial charge in [-0.25, -0.2) is 0 Å². The molecule has 19 heavy (non-hydrogen) atoms. The molecule has 2 aliphatic heterocycles. The summed E-state index contributed by atoms with van der Waals surface area (Å²) in [6.45, 7) is 2.36. The first-order chi connectivity index (χ1) is 9.28. The fraction of sp³-hybridized carbons (Fsp3) is 0.500. The number of ether oxygens (including phenoxy) is 1. The number of nitrogens with one attached hydrogen (secondary N) is 3. The van der Waals surface area contributed by atoms with Crippen LogP contribution in [-0.2, 0) is 16.0 Å². The molecule has 0 saturated carbocycles. The first-order valence-corrected chi connectivity index (χ1v) is 6.69. The lowest BCUT2D eigenvalue weighted by Crippen LogP contribution is -2.48. The Bertz CT molecular complexity index is 484. The van der Waals surface area contributed by atoms with Crippen LogP contribution in [0.5, 0.6) is 0 Å². The number of morpholine rings is 1. The van der Waals surface area contributed by atoms with Gasteiger partial charge in [0.25, 0.3) is 0 Å². The molecule has 3 N–H and O–H groups in total. The van der Waals surface area contributed by atoms with E-state index in [4.69, 9.17) is 4.74 Å². The van der Waals surface area contributed by atoms with Gasteiger partial charge in [0, 0.05) is 18.3 Å². The monoisotopic (exact) mass is 261 g/mol. The maximum atomic E-state index is 11.4. The number of hydrogen-bond donors (Lipinski definition) is 3. The summed E-state index contributed by atoms with van der Waals surface area (Å²) in [5.41, 5.74) is 3.22. The number of carbonyl (C=O) groups excluding carboxylic acids is 1. The van der Waals surface area contributed by atoms with Crippen LogP contribution >= 0.6 is 0 Å². The quantitative estimate of drug-likeness (QED) is 0.738. The number of anilines is 1. The highest BCUT2D eigenvalue weighted by molar-refractivity contribution is 5.99. The van der Waals surface area contributed by atoms with E-state index in [0.717, 1.165) is 24.4 Å². The molecule has 2 aliphatic rings. The van der Waals surface area contributed by atoms with E-state index in [-0.39, 0.29) is 18.0 Å². The van der Waals surface area contributed by atoms with Crippen molar-refractivity contribution in [3.05, 3.63) is 29.3 Å². The Morgan fingerprint density at radius 3 is 3.11 bits per heavy atom. The van der Waals surface area contributed by atoms with Crippen LogP contribution in [0.3, 0.4) is 0 Å². The standard InChI is InChI=1S/C14H19N3O2/c1-15-14(12-8-19-5-4-16-12)9-2-3-11-10(6-9)7-13(18)17-11/h2-3,6,12,14-16H,4-5,7-8H2,1H3,(H,17,18). The number of fused-ring (bicyclic) bond motifs is 1. The third kappa shape index (κ3) is 2.49. The molecule has 1 aromatic rings. The summed E-state index contributed by atoms with van der Waals surface area (Å²) in [6.07, 6.45) is 0.480. The molecule has 0 radical (unpaired) electrons. The third-order valence-corrected chi connectivity index (χ3v) is 3.78. The zero-order chi connectivity index (χ0) is 13.2. The minimum Gasteiger partial charge on any atom is -0.378 e. The summed E-state index contributed by atoms with van der Waals surface area (Å²) < 4.78 is 5.53. The third-order valence-electron chi connectivity index (χ3n) is 3.78. The van der Waals surface area contributed by atoms with Gasteiger partial charge in [0.15, 0.2) is 0 Å². The van der Waals surface area contributed by atoms with Crippen LogP contribution in [0.4, 0.5) is 5.69 Å². The minimum atomic E-state index is 0.0762. The first kappa shape index (κ1) is 12.6. The molecule has 5 heteroatoms. The minimum absolute atomic E-state index is 0.0762. The Balaban J connectivity index is 1.83. The molecule has 3 rings (SSSR count). The maximum absolute atomic E-state index is 11.4. The summed E-state index contributed by atoms with van der Waals surface area (Å²) in [6, 6.07) is 6.64.